The van der Waals surface area contributed by atoms with Crippen molar-refractivity contribution in [2.45, 2.75) is 13.5 Å². The van der Waals surface area contributed by atoms with Gasteiger partial charge in [-0.05, 0) is 29.4 Å². The third-order valence-corrected chi connectivity index (χ3v) is 5.15. The fourth-order valence-electron chi connectivity index (χ4n) is 3.11. The fourth-order valence-corrected chi connectivity index (χ4v) is 3.85. The molecule has 0 amide bonds. The molecule has 0 aliphatic carbocycles. The van der Waals surface area contributed by atoms with Gasteiger partial charge in [0.05, 0.1) is 22.9 Å². The number of hydrogen-bond acceptors (Lipinski definition) is 3. The molecule has 0 unspecified atom stereocenters. The van der Waals surface area contributed by atoms with Gasteiger partial charge < -0.3 is 4.57 Å². The summed E-state index contributed by atoms with van der Waals surface area (Å²) in [5.41, 5.74) is 4.31. The van der Waals surface area contributed by atoms with E-state index >= 15 is 0 Å². The summed E-state index contributed by atoms with van der Waals surface area (Å²) < 4.78 is 4.29. The molecule has 4 aromatic rings. The number of rotatable bonds is 4. The molecule has 0 bridgehead atoms. The van der Waals surface area contributed by atoms with E-state index in [1.165, 1.54) is 0 Å². The first-order valence-electron chi connectivity index (χ1n) is 8.31. The zero-order chi connectivity index (χ0) is 17.2. The molecule has 0 aliphatic rings. The lowest BCUT2D eigenvalue weighted by molar-refractivity contribution is -0.676. The monoisotopic (exact) mass is 347 g/mol. The van der Waals surface area contributed by atoms with Crippen molar-refractivity contribution in [2.24, 2.45) is 17.3 Å². The Labute approximate surface area is 150 Å². The van der Waals surface area contributed by atoms with Gasteiger partial charge in [0.1, 0.15) is 11.9 Å². The summed E-state index contributed by atoms with van der Waals surface area (Å²) in [7, 11) is 2.08. The molecule has 25 heavy (non-hydrogen) atoms. The van der Waals surface area contributed by atoms with Crippen molar-refractivity contribution >= 4 is 33.1 Å². The number of fused-ring (bicyclic) bond motifs is 1. The van der Waals surface area contributed by atoms with Crippen LogP contribution in [-0.2, 0) is 13.6 Å². The number of aromatic nitrogens is 2. The normalized spacial score (nSPS) is 11.6. The van der Waals surface area contributed by atoms with Gasteiger partial charge in [0.15, 0.2) is 0 Å². The summed E-state index contributed by atoms with van der Waals surface area (Å²) in [5, 5.41) is 13.3. The second-order valence-corrected chi connectivity index (χ2v) is 6.68. The largest absolute Gasteiger partial charge is 0.408 e. The van der Waals surface area contributed by atoms with Crippen LogP contribution in [0.5, 0.6) is 0 Å². The predicted octanol–water partition coefficient (Wildman–Crippen LogP) is 5.63. The third kappa shape index (κ3) is 2.76. The minimum atomic E-state index is 0.888. The Hall–Kier alpha value is -2.79. The SMILES string of the molecule is CC[n+]1ccsc1N=Nc1c(-c2ccccc2)n(C)c2ccccc12. The summed E-state index contributed by atoms with van der Waals surface area (Å²) >= 11 is 1.60. The molecule has 0 fully saturated rings. The third-order valence-electron chi connectivity index (χ3n) is 4.36. The maximum absolute atomic E-state index is 4.68. The molecule has 0 spiro atoms. The number of aryl methyl sites for hydroxylation is 2. The van der Waals surface area contributed by atoms with Crippen LogP contribution in [0.4, 0.5) is 10.8 Å². The van der Waals surface area contributed by atoms with Gasteiger partial charge in [-0.15, -0.1) is 0 Å². The van der Waals surface area contributed by atoms with Crippen molar-refractivity contribution in [3.05, 3.63) is 66.2 Å². The molecule has 0 aliphatic heterocycles. The van der Waals surface area contributed by atoms with Crippen LogP contribution in [0, 0.1) is 0 Å². The van der Waals surface area contributed by atoms with Crippen molar-refractivity contribution < 1.29 is 4.57 Å². The van der Waals surface area contributed by atoms with Gasteiger partial charge >= 0.3 is 5.13 Å². The van der Waals surface area contributed by atoms with Crippen molar-refractivity contribution in [2.75, 3.05) is 0 Å². The van der Waals surface area contributed by atoms with Gasteiger partial charge in [-0.2, -0.15) is 0 Å². The molecule has 5 heteroatoms. The van der Waals surface area contributed by atoms with E-state index in [1.54, 1.807) is 11.3 Å². The van der Waals surface area contributed by atoms with E-state index in [0.29, 0.717) is 0 Å². The quantitative estimate of drug-likeness (QED) is 0.339. The average molecular weight is 347 g/mol. The highest BCUT2D eigenvalue weighted by Gasteiger charge is 2.19. The maximum atomic E-state index is 4.68. The Balaban J connectivity index is 1.93. The zero-order valence-corrected chi connectivity index (χ0v) is 15.1. The van der Waals surface area contributed by atoms with Crippen LogP contribution < -0.4 is 4.57 Å². The molecule has 0 atom stereocenters. The minimum Gasteiger partial charge on any atom is -0.342 e. The van der Waals surface area contributed by atoms with Crippen molar-refractivity contribution in [1.29, 1.82) is 0 Å². The minimum absolute atomic E-state index is 0.888. The lowest BCUT2D eigenvalue weighted by Gasteiger charge is -2.04. The molecule has 0 radical (unpaired) electrons. The van der Waals surface area contributed by atoms with Crippen LogP contribution >= 0.6 is 11.3 Å². The molecule has 2 heterocycles. The van der Waals surface area contributed by atoms with E-state index in [2.05, 4.69) is 75.8 Å². The van der Waals surface area contributed by atoms with Gasteiger partial charge in [0, 0.05) is 23.4 Å². The van der Waals surface area contributed by atoms with Gasteiger partial charge in [-0.1, -0.05) is 48.5 Å². The highest BCUT2D eigenvalue weighted by Crippen LogP contribution is 2.40. The van der Waals surface area contributed by atoms with E-state index < -0.39 is 0 Å². The predicted molar refractivity (Wildman–Crippen MR) is 103 cm³/mol. The van der Waals surface area contributed by atoms with E-state index in [0.717, 1.165) is 39.5 Å². The number of azo groups is 1. The Kier molecular flexibility index (Phi) is 4.15. The number of hydrogen-bond donors (Lipinski definition) is 0. The van der Waals surface area contributed by atoms with E-state index in [9.17, 15) is 0 Å². The van der Waals surface area contributed by atoms with E-state index in [4.69, 9.17) is 0 Å². The summed E-state index contributed by atoms with van der Waals surface area (Å²) in [6.45, 7) is 3.00. The van der Waals surface area contributed by atoms with Crippen molar-refractivity contribution in [3.63, 3.8) is 0 Å². The number of thiazole rings is 1. The standard InChI is InChI=1S/C20H19N4S/c1-3-24-13-14-25-20(24)22-21-18-16-11-7-8-12-17(16)23(2)19(18)15-9-5-4-6-10-15/h4-14H,3H2,1-2H3/q+1. The Morgan fingerprint density at radius 2 is 1.76 bits per heavy atom. The summed E-state index contributed by atoms with van der Waals surface area (Å²) in [6.07, 6.45) is 2.04. The molecule has 124 valence electrons. The average Bonchev–Trinajstić information content (AvgIpc) is 3.23. The molecule has 4 rings (SSSR count). The van der Waals surface area contributed by atoms with Crippen LogP contribution in [0.3, 0.4) is 0 Å². The Bertz CT molecular complexity index is 1040. The molecule has 4 nitrogen and oxygen atoms in total. The smallest absolute Gasteiger partial charge is 0.342 e. The first-order chi connectivity index (χ1) is 12.3. The van der Waals surface area contributed by atoms with Gasteiger partial charge in [-0.3, -0.25) is 0 Å². The maximum Gasteiger partial charge on any atom is 0.408 e. The summed E-state index contributed by atoms with van der Waals surface area (Å²) in [5.74, 6) is 0. The zero-order valence-electron chi connectivity index (χ0n) is 14.3. The number of nitrogens with zero attached hydrogens (tertiary/aromatic N) is 4. The number of para-hydroxylation sites is 1. The molecular weight excluding hydrogens is 328 g/mol. The molecule has 2 aromatic heterocycles. The lowest BCUT2D eigenvalue weighted by Crippen LogP contribution is -2.28. The summed E-state index contributed by atoms with van der Waals surface area (Å²) in [4.78, 5) is 0. The topological polar surface area (TPSA) is 33.5 Å². The van der Waals surface area contributed by atoms with Gasteiger partial charge in [-0.25, -0.2) is 4.57 Å². The van der Waals surface area contributed by atoms with Gasteiger partial charge in [0.25, 0.3) is 0 Å². The fraction of sp³-hybridized carbons (Fsp3) is 0.150. The second-order valence-electron chi connectivity index (χ2n) is 5.81. The van der Waals surface area contributed by atoms with E-state index in [1.807, 2.05) is 23.7 Å². The van der Waals surface area contributed by atoms with Crippen LogP contribution in [0.2, 0.25) is 0 Å². The Morgan fingerprint density at radius 1 is 1.00 bits per heavy atom. The molecule has 0 saturated heterocycles. The highest BCUT2D eigenvalue weighted by molar-refractivity contribution is 7.12. The van der Waals surface area contributed by atoms with Crippen molar-refractivity contribution in [1.82, 2.24) is 4.57 Å². The second kappa shape index (κ2) is 6.61. The summed E-state index contributed by atoms with van der Waals surface area (Å²) in [6, 6.07) is 18.7. The molecular formula is C20H19N4S+. The van der Waals surface area contributed by atoms with Crippen LogP contribution in [0.1, 0.15) is 6.92 Å². The van der Waals surface area contributed by atoms with Crippen LogP contribution in [0.25, 0.3) is 22.2 Å². The lowest BCUT2D eigenvalue weighted by atomic mass is 10.1. The molecule has 0 N–H and O–H groups in total. The van der Waals surface area contributed by atoms with Gasteiger partial charge in [0.2, 0.25) is 0 Å². The molecule has 0 saturated carbocycles. The van der Waals surface area contributed by atoms with Crippen LogP contribution in [-0.4, -0.2) is 4.57 Å². The van der Waals surface area contributed by atoms with Crippen LogP contribution in [0.15, 0.2) is 76.4 Å². The Morgan fingerprint density at radius 3 is 2.56 bits per heavy atom. The highest BCUT2D eigenvalue weighted by atomic mass is 32.1. The van der Waals surface area contributed by atoms with Crippen molar-refractivity contribution in [3.8, 4) is 11.3 Å². The molecule has 2 aromatic carbocycles. The van der Waals surface area contributed by atoms with E-state index in [-0.39, 0.29) is 0 Å². The first-order valence-corrected chi connectivity index (χ1v) is 9.19. The number of benzene rings is 2. The first kappa shape index (κ1) is 15.7.